The van der Waals surface area contributed by atoms with Crippen LogP contribution in [0.4, 0.5) is 10.5 Å². The zero-order chi connectivity index (χ0) is 18.5. The Balaban J connectivity index is 1.81. The number of benzene rings is 1. The number of fused-ring (bicyclic) bond motifs is 5. The molecule has 2 amide bonds. The van der Waals surface area contributed by atoms with E-state index in [4.69, 9.17) is 5.73 Å². The zero-order valence-electron chi connectivity index (χ0n) is 14.6. The highest BCUT2D eigenvalue weighted by Gasteiger charge is 2.39. The van der Waals surface area contributed by atoms with Crippen molar-refractivity contribution in [2.75, 3.05) is 11.9 Å². The molecule has 0 fully saturated rings. The summed E-state index contributed by atoms with van der Waals surface area (Å²) in [6, 6.07) is 5.25. The van der Waals surface area contributed by atoms with Gasteiger partial charge in [0.05, 0.1) is 16.9 Å². The van der Waals surface area contributed by atoms with Gasteiger partial charge < -0.3 is 21.4 Å². The number of imidazole rings is 1. The van der Waals surface area contributed by atoms with E-state index in [-0.39, 0.29) is 11.6 Å². The number of H-pyrrole nitrogens is 1. The van der Waals surface area contributed by atoms with E-state index in [0.29, 0.717) is 23.6 Å². The van der Waals surface area contributed by atoms with E-state index in [1.54, 1.807) is 22.9 Å². The summed E-state index contributed by atoms with van der Waals surface area (Å²) in [6.07, 6.45) is 4.18. The Hall–Kier alpha value is -3.13. The van der Waals surface area contributed by atoms with Crippen molar-refractivity contribution >= 4 is 17.4 Å². The SMILES string of the molecule is CCCNC(=O)Nc1ccc2c(c1)C(C)(N)c1c-2[nH]c(=O)c2nccn12. The minimum atomic E-state index is -0.842. The minimum Gasteiger partial charge on any atom is -0.338 e. The van der Waals surface area contributed by atoms with E-state index in [9.17, 15) is 9.59 Å². The molecule has 4 rings (SSSR count). The van der Waals surface area contributed by atoms with Gasteiger partial charge in [-0.25, -0.2) is 9.78 Å². The van der Waals surface area contributed by atoms with Crippen LogP contribution in [0.5, 0.6) is 0 Å². The van der Waals surface area contributed by atoms with Gasteiger partial charge >= 0.3 is 6.03 Å². The lowest BCUT2D eigenvalue weighted by molar-refractivity contribution is 0.252. The number of aromatic amines is 1. The van der Waals surface area contributed by atoms with Gasteiger partial charge in [0.2, 0.25) is 5.65 Å². The molecule has 0 saturated heterocycles. The maximum absolute atomic E-state index is 12.3. The van der Waals surface area contributed by atoms with Crippen molar-refractivity contribution in [3.05, 3.63) is 52.2 Å². The lowest BCUT2D eigenvalue weighted by atomic mass is 9.93. The molecule has 5 N–H and O–H groups in total. The van der Waals surface area contributed by atoms with Crippen molar-refractivity contribution in [3.8, 4) is 11.3 Å². The quantitative estimate of drug-likeness (QED) is 0.574. The molecule has 26 heavy (non-hydrogen) atoms. The van der Waals surface area contributed by atoms with Gasteiger partial charge in [-0.15, -0.1) is 0 Å². The van der Waals surface area contributed by atoms with Crippen LogP contribution in [-0.2, 0) is 5.54 Å². The van der Waals surface area contributed by atoms with Crippen LogP contribution in [-0.4, -0.2) is 26.9 Å². The fourth-order valence-electron chi connectivity index (χ4n) is 3.52. The Morgan fingerprint density at radius 3 is 3.00 bits per heavy atom. The fraction of sp³-hybridized carbons (Fsp3) is 0.278. The van der Waals surface area contributed by atoms with E-state index >= 15 is 0 Å². The van der Waals surface area contributed by atoms with Crippen molar-refractivity contribution < 1.29 is 4.79 Å². The summed E-state index contributed by atoms with van der Waals surface area (Å²) in [5.41, 5.74) is 9.63. The van der Waals surface area contributed by atoms with Crippen LogP contribution >= 0.6 is 0 Å². The number of hydrogen-bond acceptors (Lipinski definition) is 4. The normalized spacial score (nSPS) is 17.8. The first-order valence-electron chi connectivity index (χ1n) is 8.52. The molecule has 134 valence electrons. The molecule has 0 saturated carbocycles. The van der Waals surface area contributed by atoms with Crippen molar-refractivity contribution in [2.45, 2.75) is 25.8 Å². The first-order chi connectivity index (χ1) is 12.4. The predicted molar refractivity (Wildman–Crippen MR) is 99.2 cm³/mol. The zero-order valence-corrected chi connectivity index (χ0v) is 14.6. The molecule has 0 bridgehead atoms. The number of nitrogens with zero attached hydrogens (tertiary/aromatic N) is 2. The van der Waals surface area contributed by atoms with E-state index in [1.165, 1.54) is 0 Å². The van der Waals surface area contributed by atoms with E-state index in [0.717, 1.165) is 23.2 Å². The Kier molecular flexibility index (Phi) is 3.58. The number of carbonyl (C=O) groups is 1. The second-order valence-electron chi connectivity index (χ2n) is 6.64. The average molecular weight is 352 g/mol. The number of hydrogen-bond donors (Lipinski definition) is 4. The molecule has 8 heteroatoms. The summed E-state index contributed by atoms with van der Waals surface area (Å²) in [5.74, 6) is 0. The molecular formula is C18H20N6O2. The highest BCUT2D eigenvalue weighted by Crippen LogP contribution is 2.45. The summed E-state index contributed by atoms with van der Waals surface area (Å²) in [4.78, 5) is 31.2. The molecule has 1 aliphatic rings. The maximum atomic E-state index is 12.3. The van der Waals surface area contributed by atoms with E-state index in [2.05, 4.69) is 20.6 Å². The van der Waals surface area contributed by atoms with E-state index < -0.39 is 5.54 Å². The molecule has 0 aliphatic heterocycles. The average Bonchev–Trinajstić information content (AvgIpc) is 3.16. The third kappa shape index (κ3) is 2.30. The van der Waals surface area contributed by atoms with Crippen LogP contribution < -0.4 is 21.9 Å². The van der Waals surface area contributed by atoms with Crippen LogP contribution in [0.15, 0.2) is 35.4 Å². The number of nitrogens with one attached hydrogen (secondary N) is 3. The summed E-state index contributed by atoms with van der Waals surface area (Å²) in [6.45, 7) is 4.48. The van der Waals surface area contributed by atoms with Gasteiger partial charge in [-0.1, -0.05) is 13.0 Å². The standard InChI is InChI=1S/C18H20N6O2/c1-3-6-21-17(26)22-10-4-5-11-12(9-10)18(2,19)14-13(11)23-16(25)15-20-7-8-24(14)15/h4-5,7-9H,3,6,19H2,1-2H3,(H,23,25)(H2,21,22,26). The first-order valence-corrected chi connectivity index (χ1v) is 8.52. The molecule has 8 nitrogen and oxygen atoms in total. The van der Waals surface area contributed by atoms with Crippen molar-refractivity contribution in [3.63, 3.8) is 0 Å². The minimum absolute atomic E-state index is 0.258. The predicted octanol–water partition coefficient (Wildman–Crippen LogP) is 1.76. The van der Waals surface area contributed by atoms with Gasteiger partial charge in [0.15, 0.2) is 0 Å². The first kappa shape index (κ1) is 16.3. The van der Waals surface area contributed by atoms with Crippen molar-refractivity contribution in [1.29, 1.82) is 0 Å². The number of carbonyl (C=O) groups excluding carboxylic acids is 1. The van der Waals surface area contributed by atoms with Gasteiger partial charge in [-0.05, 0) is 31.0 Å². The molecule has 1 unspecified atom stereocenters. The smallest absolute Gasteiger partial charge is 0.319 e. The van der Waals surface area contributed by atoms with E-state index in [1.807, 2.05) is 26.0 Å². The third-order valence-electron chi connectivity index (χ3n) is 4.69. The topological polar surface area (TPSA) is 117 Å². The number of nitrogens with two attached hydrogens (primary N) is 1. The number of rotatable bonds is 3. The largest absolute Gasteiger partial charge is 0.338 e. The Bertz CT molecular complexity index is 1080. The molecule has 2 aromatic heterocycles. The second-order valence-corrected chi connectivity index (χ2v) is 6.64. The molecule has 1 aliphatic carbocycles. The number of urea groups is 1. The highest BCUT2D eigenvalue weighted by molar-refractivity contribution is 5.90. The van der Waals surface area contributed by atoms with Crippen LogP contribution in [0.1, 0.15) is 31.5 Å². The molecule has 3 aromatic rings. The number of anilines is 1. The molecule has 0 spiro atoms. The van der Waals surface area contributed by atoms with Gasteiger partial charge in [0, 0.05) is 30.2 Å². The molecule has 0 radical (unpaired) electrons. The Morgan fingerprint density at radius 1 is 1.42 bits per heavy atom. The molecular weight excluding hydrogens is 332 g/mol. The Morgan fingerprint density at radius 2 is 2.23 bits per heavy atom. The molecule has 1 atom stereocenters. The van der Waals surface area contributed by atoms with Crippen molar-refractivity contribution in [2.24, 2.45) is 5.73 Å². The van der Waals surface area contributed by atoms with Crippen LogP contribution in [0.2, 0.25) is 0 Å². The Labute approximate surface area is 149 Å². The van der Waals surface area contributed by atoms with Gasteiger partial charge in [0.1, 0.15) is 0 Å². The van der Waals surface area contributed by atoms with Crippen LogP contribution in [0.3, 0.4) is 0 Å². The van der Waals surface area contributed by atoms with Gasteiger partial charge in [0.25, 0.3) is 5.56 Å². The highest BCUT2D eigenvalue weighted by atomic mass is 16.2. The summed E-state index contributed by atoms with van der Waals surface area (Å²) >= 11 is 0. The third-order valence-corrected chi connectivity index (χ3v) is 4.69. The molecule has 1 aromatic carbocycles. The summed E-state index contributed by atoms with van der Waals surface area (Å²) < 4.78 is 1.73. The monoisotopic (exact) mass is 352 g/mol. The summed E-state index contributed by atoms with van der Waals surface area (Å²) in [7, 11) is 0. The lowest BCUT2D eigenvalue weighted by Crippen LogP contribution is -2.35. The van der Waals surface area contributed by atoms with Gasteiger partial charge in [-0.2, -0.15) is 0 Å². The fourth-order valence-corrected chi connectivity index (χ4v) is 3.52. The van der Waals surface area contributed by atoms with Crippen molar-refractivity contribution in [1.82, 2.24) is 19.7 Å². The van der Waals surface area contributed by atoms with Crippen LogP contribution in [0.25, 0.3) is 16.9 Å². The second kappa shape index (κ2) is 5.70. The molecule has 2 heterocycles. The maximum Gasteiger partial charge on any atom is 0.319 e. The lowest BCUT2D eigenvalue weighted by Gasteiger charge is -2.22. The van der Waals surface area contributed by atoms with Crippen LogP contribution in [0, 0.1) is 0 Å². The summed E-state index contributed by atoms with van der Waals surface area (Å²) in [5, 5.41) is 5.59. The number of amides is 2. The number of aromatic nitrogens is 3. The van der Waals surface area contributed by atoms with Gasteiger partial charge in [-0.3, -0.25) is 9.20 Å².